The molecule has 120 valence electrons. The van der Waals surface area contributed by atoms with Gasteiger partial charge < -0.3 is 14.5 Å². The number of rotatable bonds is 6. The minimum absolute atomic E-state index is 0.253. The third-order valence-electron chi connectivity index (χ3n) is 3.02. The van der Waals surface area contributed by atoms with Crippen molar-refractivity contribution in [1.29, 1.82) is 0 Å². The lowest BCUT2D eigenvalue weighted by Gasteiger charge is -2.19. The Balaban J connectivity index is 2.14. The van der Waals surface area contributed by atoms with Gasteiger partial charge >= 0.3 is 0 Å². The molecule has 1 heterocycles. The number of oxime groups is 1. The van der Waals surface area contributed by atoms with Crippen molar-refractivity contribution in [1.82, 2.24) is 4.98 Å². The highest BCUT2D eigenvalue weighted by atomic mass is 35.5. The minimum Gasteiger partial charge on any atom is -0.473 e. The molecule has 2 rings (SSSR count). The fourth-order valence-electron chi connectivity index (χ4n) is 1.88. The Bertz CT molecular complexity index is 706. The summed E-state index contributed by atoms with van der Waals surface area (Å²) < 4.78 is 5.63. The first-order chi connectivity index (χ1) is 11.1. The van der Waals surface area contributed by atoms with Crippen molar-refractivity contribution in [2.75, 3.05) is 19.1 Å². The molecular weight excluding hydrogens is 318 g/mol. The summed E-state index contributed by atoms with van der Waals surface area (Å²) in [5.74, 6) is 0.113. The summed E-state index contributed by atoms with van der Waals surface area (Å²) in [6, 6.07) is 12.6. The normalized spacial score (nSPS) is 10.6. The van der Waals surface area contributed by atoms with Gasteiger partial charge in [-0.15, -0.1) is 0 Å². The maximum Gasteiger partial charge on any atom is 0.272 e. The monoisotopic (exact) mass is 333 g/mol. The molecule has 0 aliphatic rings. The summed E-state index contributed by atoms with van der Waals surface area (Å²) in [6.45, 7) is 0.253. The second-order valence-electron chi connectivity index (χ2n) is 4.53. The fraction of sp³-hybridized carbons (Fsp3) is 0.188. The van der Waals surface area contributed by atoms with Crippen LogP contribution in [0.5, 0.6) is 5.88 Å². The van der Waals surface area contributed by atoms with Gasteiger partial charge in [0, 0.05) is 18.7 Å². The lowest BCUT2D eigenvalue weighted by molar-refractivity contribution is -0.112. The van der Waals surface area contributed by atoms with E-state index in [-0.39, 0.29) is 12.5 Å². The van der Waals surface area contributed by atoms with Gasteiger partial charge in [0.2, 0.25) is 5.88 Å². The highest BCUT2D eigenvalue weighted by Gasteiger charge is 2.13. The first kappa shape index (κ1) is 16.8. The third-order valence-corrected chi connectivity index (χ3v) is 3.23. The average Bonchev–Trinajstić information content (AvgIpc) is 2.57. The maximum atomic E-state index is 12.0. The van der Waals surface area contributed by atoms with Gasteiger partial charge in [0.1, 0.15) is 25.1 Å². The highest BCUT2D eigenvalue weighted by Crippen LogP contribution is 2.21. The molecule has 0 atom stereocenters. The smallest absolute Gasteiger partial charge is 0.272 e. The first-order valence-corrected chi connectivity index (χ1v) is 7.17. The van der Waals surface area contributed by atoms with Crippen LogP contribution in [0.1, 0.15) is 5.56 Å². The molecule has 0 saturated carbocycles. The molecule has 0 N–H and O–H groups in total. The Morgan fingerprint density at radius 1 is 1.30 bits per heavy atom. The van der Waals surface area contributed by atoms with Crippen LogP contribution in [0.3, 0.4) is 0 Å². The Morgan fingerprint density at radius 2 is 2.09 bits per heavy atom. The standard InChI is InChI=1S/C16H16ClN3O3/c1-20(16(21)10-18-22-2)13-7-4-3-6-12(13)11-23-15-9-5-8-14(17)19-15/h3-10H,11H2,1-2H3. The Hall–Kier alpha value is -2.60. The second kappa shape index (κ2) is 8.14. The van der Waals surface area contributed by atoms with Crippen LogP contribution in [0, 0.1) is 0 Å². The van der Waals surface area contributed by atoms with E-state index in [2.05, 4.69) is 15.0 Å². The van der Waals surface area contributed by atoms with Crippen molar-refractivity contribution in [3.05, 3.63) is 53.2 Å². The van der Waals surface area contributed by atoms with Crippen molar-refractivity contribution in [2.24, 2.45) is 5.16 Å². The largest absolute Gasteiger partial charge is 0.473 e. The number of hydrogen-bond donors (Lipinski definition) is 0. The number of aromatic nitrogens is 1. The molecule has 0 radical (unpaired) electrons. The second-order valence-corrected chi connectivity index (χ2v) is 4.92. The van der Waals surface area contributed by atoms with Crippen molar-refractivity contribution >= 4 is 29.4 Å². The topological polar surface area (TPSA) is 64.0 Å². The number of halogens is 1. The van der Waals surface area contributed by atoms with Gasteiger partial charge in [-0.25, -0.2) is 4.98 Å². The van der Waals surface area contributed by atoms with Crippen LogP contribution in [0.15, 0.2) is 47.6 Å². The number of carbonyl (C=O) groups excluding carboxylic acids is 1. The molecule has 7 heteroatoms. The lowest BCUT2D eigenvalue weighted by Crippen LogP contribution is -2.28. The average molecular weight is 334 g/mol. The van der Waals surface area contributed by atoms with Crippen LogP contribution in [0.4, 0.5) is 5.69 Å². The molecule has 1 amide bonds. The van der Waals surface area contributed by atoms with Gasteiger partial charge in [0.15, 0.2) is 0 Å². The van der Waals surface area contributed by atoms with Crippen molar-refractivity contribution in [3.63, 3.8) is 0 Å². The van der Waals surface area contributed by atoms with Crippen LogP contribution < -0.4 is 9.64 Å². The van der Waals surface area contributed by atoms with Crippen LogP contribution in [0.25, 0.3) is 0 Å². The third kappa shape index (κ3) is 4.69. The van der Waals surface area contributed by atoms with Crippen molar-refractivity contribution in [3.8, 4) is 5.88 Å². The molecule has 0 fully saturated rings. The van der Waals surface area contributed by atoms with Gasteiger partial charge in [-0.1, -0.05) is 41.0 Å². The van der Waals surface area contributed by atoms with E-state index in [1.165, 1.54) is 12.0 Å². The molecule has 0 unspecified atom stereocenters. The number of carbonyl (C=O) groups is 1. The summed E-state index contributed by atoms with van der Waals surface area (Å²) in [5.41, 5.74) is 1.54. The van der Waals surface area contributed by atoms with E-state index < -0.39 is 0 Å². The van der Waals surface area contributed by atoms with Crippen LogP contribution in [-0.4, -0.2) is 31.3 Å². The summed E-state index contributed by atoms with van der Waals surface area (Å²) in [7, 11) is 3.03. The Labute approximate surface area is 139 Å². The Morgan fingerprint density at radius 3 is 2.83 bits per heavy atom. The molecule has 6 nitrogen and oxygen atoms in total. The van der Waals surface area contributed by atoms with Gasteiger partial charge in [0.05, 0.1) is 5.69 Å². The van der Waals surface area contributed by atoms with Crippen molar-refractivity contribution in [2.45, 2.75) is 6.61 Å². The van der Waals surface area contributed by atoms with E-state index in [0.29, 0.717) is 16.7 Å². The molecule has 1 aromatic carbocycles. The van der Waals surface area contributed by atoms with Crippen molar-refractivity contribution < 1.29 is 14.4 Å². The lowest BCUT2D eigenvalue weighted by atomic mass is 10.1. The Kier molecular flexibility index (Phi) is 5.94. The molecule has 2 aromatic rings. The van der Waals surface area contributed by atoms with E-state index in [0.717, 1.165) is 11.8 Å². The predicted molar refractivity (Wildman–Crippen MR) is 88.9 cm³/mol. The van der Waals surface area contributed by atoms with Crippen LogP contribution in [-0.2, 0) is 16.2 Å². The predicted octanol–water partition coefficient (Wildman–Crippen LogP) is 2.91. The fourth-order valence-corrected chi connectivity index (χ4v) is 2.04. The number of anilines is 1. The zero-order valence-electron chi connectivity index (χ0n) is 12.8. The van der Waals surface area contributed by atoms with E-state index in [9.17, 15) is 4.79 Å². The molecule has 1 aromatic heterocycles. The van der Waals surface area contributed by atoms with Gasteiger partial charge in [0.25, 0.3) is 5.91 Å². The SMILES string of the molecule is CON=CC(=O)N(C)c1ccccc1COc1cccc(Cl)n1. The summed E-state index contributed by atoms with van der Waals surface area (Å²) >= 11 is 5.83. The molecule has 0 aliphatic heterocycles. The molecule has 0 aliphatic carbocycles. The van der Waals surface area contributed by atoms with Crippen LogP contribution in [0.2, 0.25) is 5.15 Å². The van der Waals surface area contributed by atoms with Gasteiger partial charge in [-0.05, 0) is 12.1 Å². The summed E-state index contributed by atoms with van der Waals surface area (Å²) in [4.78, 5) is 22.0. The van der Waals surface area contributed by atoms with E-state index in [1.54, 1.807) is 25.2 Å². The zero-order valence-corrected chi connectivity index (χ0v) is 13.5. The summed E-state index contributed by atoms with van der Waals surface area (Å²) in [6.07, 6.45) is 1.11. The number of para-hydroxylation sites is 1. The maximum absolute atomic E-state index is 12.0. The minimum atomic E-state index is -0.305. The van der Waals surface area contributed by atoms with Gasteiger partial charge in [-0.3, -0.25) is 4.79 Å². The zero-order chi connectivity index (χ0) is 16.7. The van der Waals surface area contributed by atoms with Gasteiger partial charge in [-0.2, -0.15) is 0 Å². The molecule has 0 bridgehead atoms. The number of nitrogens with zero attached hydrogens (tertiary/aromatic N) is 3. The number of ether oxygens (including phenoxy) is 1. The van der Waals surface area contributed by atoms with Crippen LogP contribution >= 0.6 is 11.6 Å². The molecule has 0 saturated heterocycles. The first-order valence-electron chi connectivity index (χ1n) is 6.79. The van der Waals surface area contributed by atoms with E-state index >= 15 is 0 Å². The number of amides is 1. The van der Waals surface area contributed by atoms with E-state index in [4.69, 9.17) is 16.3 Å². The molecule has 23 heavy (non-hydrogen) atoms. The highest BCUT2D eigenvalue weighted by molar-refractivity contribution is 6.32. The number of benzene rings is 1. The number of pyridine rings is 1. The quantitative estimate of drug-likeness (QED) is 0.463. The summed E-state index contributed by atoms with van der Waals surface area (Å²) in [5, 5.41) is 3.84. The molecular formula is C16H16ClN3O3. The van der Waals surface area contributed by atoms with E-state index in [1.807, 2.05) is 24.3 Å². The molecule has 0 spiro atoms. The number of hydrogen-bond acceptors (Lipinski definition) is 5.